The number of aliphatic imine (C=N–C) groups is 1. The van der Waals surface area contributed by atoms with Crippen molar-refractivity contribution in [2.45, 2.75) is 24.8 Å². The summed E-state index contributed by atoms with van der Waals surface area (Å²) in [5.41, 5.74) is 9.14. The van der Waals surface area contributed by atoms with Crippen LogP contribution in [0.2, 0.25) is 0 Å². The molecule has 0 aliphatic carbocycles. The van der Waals surface area contributed by atoms with E-state index in [1.165, 1.54) is 5.56 Å². The van der Waals surface area contributed by atoms with E-state index < -0.39 is 10.8 Å². The Bertz CT molecular complexity index is 681. The molecule has 0 heterocycles. The first-order chi connectivity index (χ1) is 10.6. The maximum absolute atomic E-state index is 11.3. The van der Waals surface area contributed by atoms with Gasteiger partial charge in [0, 0.05) is 27.6 Å². The Morgan fingerprint density at radius 2 is 1.91 bits per heavy atom. The molecule has 0 saturated heterocycles. The van der Waals surface area contributed by atoms with Crippen molar-refractivity contribution in [1.29, 1.82) is 0 Å². The normalized spacial score (nSPS) is 12.9. The Hall–Kier alpha value is -2.14. The molecule has 0 fully saturated rings. The maximum Gasteiger partial charge on any atom is 0.193 e. The van der Waals surface area contributed by atoms with Crippen molar-refractivity contribution in [3.05, 3.63) is 59.7 Å². The van der Waals surface area contributed by atoms with Crippen LogP contribution in [0.3, 0.4) is 0 Å². The van der Waals surface area contributed by atoms with Gasteiger partial charge in [-0.25, -0.2) is 4.99 Å². The molecule has 0 saturated carbocycles. The molecule has 2 aromatic carbocycles. The molecule has 0 bridgehead atoms. The molecule has 4 nitrogen and oxygen atoms in total. The highest BCUT2D eigenvalue weighted by atomic mass is 32.2. The second-order valence-corrected chi connectivity index (χ2v) is 6.36. The minimum absolute atomic E-state index is 0.386. The Balaban J connectivity index is 1.98. The summed E-state index contributed by atoms with van der Waals surface area (Å²) in [6.07, 6.45) is 2.65. The second-order valence-electron chi connectivity index (χ2n) is 4.98. The van der Waals surface area contributed by atoms with E-state index >= 15 is 0 Å². The molecular weight excluding hydrogens is 294 g/mol. The van der Waals surface area contributed by atoms with E-state index in [0.29, 0.717) is 12.5 Å². The van der Waals surface area contributed by atoms with Gasteiger partial charge in [-0.2, -0.15) is 0 Å². The third kappa shape index (κ3) is 4.70. The molecule has 3 N–H and O–H groups in total. The van der Waals surface area contributed by atoms with Gasteiger partial charge >= 0.3 is 0 Å². The van der Waals surface area contributed by atoms with Gasteiger partial charge < -0.3 is 11.1 Å². The molecule has 116 valence electrons. The molecule has 0 radical (unpaired) electrons. The third-order valence-electron chi connectivity index (χ3n) is 3.29. The molecule has 0 aromatic heterocycles. The molecule has 2 rings (SSSR count). The van der Waals surface area contributed by atoms with E-state index in [1.54, 1.807) is 6.26 Å². The van der Waals surface area contributed by atoms with Gasteiger partial charge in [-0.05, 0) is 41.8 Å². The lowest BCUT2D eigenvalue weighted by molar-refractivity contribution is 0.687. The summed E-state index contributed by atoms with van der Waals surface area (Å²) in [4.78, 5) is 5.14. The zero-order valence-electron chi connectivity index (χ0n) is 12.9. The smallest absolute Gasteiger partial charge is 0.193 e. The van der Waals surface area contributed by atoms with Crippen LogP contribution in [0.5, 0.6) is 0 Å². The predicted molar refractivity (Wildman–Crippen MR) is 93.5 cm³/mol. The van der Waals surface area contributed by atoms with Crippen molar-refractivity contribution in [2.75, 3.05) is 11.6 Å². The number of guanidine groups is 1. The van der Waals surface area contributed by atoms with Gasteiger partial charge in [0.1, 0.15) is 0 Å². The van der Waals surface area contributed by atoms with Crippen LogP contribution in [0.15, 0.2) is 58.4 Å². The first kappa shape index (κ1) is 16.2. The average Bonchev–Trinajstić information content (AvgIpc) is 2.53. The van der Waals surface area contributed by atoms with E-state index in [0.717, 1.165) is 22.6 Å². The lowest BCUT2D eigenvalue weighted by atomic mass is 10.1. The van der Waals surface area contributed by atoms with Crippen molar-refractivity contribution < 1.29 is 4.21 Å². The third-order valence-corrected chi connectivity index (χ3v) is 4.23. The minimum atomic E-state index is -0.953. The monoisotopic (exact) mass is 315 g/mol. The zero-order valence-corrected chi connectivity index (χ0v) is 13.7. The number of nitrogens with zero attached hydrogens (tertiary/aromatic N) is 1. The fourth-order valence-electron chi connectivity index (χ4n) is 2.02. The van der Waals surface area contributed by atoms with Crippen molar-refractivity contribution in [3.63, 3.8) is 0 Å². The van der Waals surface area contributed by atoms with Gasteiger partial charge in [-0.1, -0.05) is 31.2 Å². The molecule has 1 unspecified atom stereocenters. The quantitative estimate of drug-likeness (QED) is 0.658. The Kier molecular flexibility index (Phi) is 5.72. The molecule has 1 atom stereocenters. The molecule has 5 heteroatoms. The maximum atomic E-state index is 11.3. The summed E-state index contributed by atoms with van der Waals surface area (Å²) in [7, 11) is -0.953. The summed E-state index contributed by atoms with van der Waals surface area (Å²) in [6.45, 7) is 2.60. The highest BCUT2D eigenvalue weighted by Crippen LogP contribution is 2.11. The van der Waals surface area contributed by atoms with E-state index in [2.05, 4.69) is 29.4 Å². The van der Waals surface area contributed by atoms with Crippen LogP contribution in [0.4, 0.5) is 5.69 Å². The summed E-state index contributed by atoms with van der Waals surface area (Å²) >= 11 is 0. The van der Waals surface area contributed by atoms with Crippen LogP contribution in [0, 0.1) is 0 Å². The molecule has 2 aromatic rings. The Morgan fingerprint density at radius 3 is 2.55 bits per heavy atom. The van der Waals surface area contributed by atoms with E-state index in [4.69, 9.17) is 5.73 Å². The Morgan fingerprint density at radius 1 is 1.18 bits per heavy atom. The van der Waals surface area contributed by atoms with Crippen LogP contribution in [0.25, 0.3) is 0 Å². The van der Waals surface area contributed by atoms with E-state index in [1.807, 2.05) is 36.4 Å². The summed E-state index contributed by atoms with van der Waals surface area (Å²) in [5, 5.41) is 3.10. The summed E-state index contributed by atoms with van der Waals surface area (Å²) in [5.74, 6) is 0.386. The van der Waals surface area contributed by atoms with Crippen LogP contribution >= 0.6 is 0 Å². The van der Waals surface area contributed by atoms with Crippen molar-refractivity contribution in [3.8, 4) is 0 Å². The fourth-order valence-corrected chi connectivity index (χ4v) is 2.54. The first-order valence-corrected chi connectivity index (χ1v) is 8.72. The van der Waals surface area contributed by atoms with Gasteiger partial charge in [-0.3, -0.25) is 4.21 Å². The minimum Gasteiger partial charge on any atom is -0.370 e. The van der Waals surface area contributed by atoms with Crippen molar-refractivity contribution >= 4 is 22.4 Å². The first-order valence-electron chi connectivity index (χ1n) is 7.16. The lowest BCUT2D eigenvalue weighted by Crippen LogP contribution is -2.22. The van der Waals surface area contributed by atoms with Gasteiger partial charge in [0.25, 0.3) is 0 Å². The van der Waals surface area contributed by atoms with Crippen LogP contribution in [0.1, 0.15) is 18.1 Å². The van der Waals surface area contributed by atoms with Gasteiger partial charge in [0.2, 0.25) is 0 Å². The highest BCUT2D eigenvalue weighted by Gasteiger charge is 1.99. The summed E-state index contributed by atoms with van der Waals surface area (Å²) < 4.78 is 11.3. The summed E-state index contributed by atoms with van der Waals surface area (Å²) in [6, 6.07) is 15.7. The largest absolute Gasteiger partial charge is 0.370 e. The number of rotatable bonds is 5. The molecule has 0 amide bonds. The van der Waals surface area contributed by atoms with Gasteiger partial charge in [0.15, 0.2) is 5.96 Å². The standard InChI is InChI=1S/C17H21N3OS/c1-3-13-5-4-6-15(11-13)20-17(18)19-12-14-7-9-16(10-8-14)22(2)21/h4-11H,3,12H2,1-2H3,(H3,18,19,20). The fraction of sp³-hybridized carbons (Fsp3) is 0.235. The molecule has 0 spiro atoms. The van der Waals surface area contributed by atoms with Crippen LogP contribution in [-0.4, -0.2) is 16.4 Å². The number of nitrogens with one attached hydrogen (secondary N) is 1. The van der Waals surface area contributed by atoms with Gasteiger partial charge in [0.05, 0.1) is 6.54 Å². The van der Waals surface area contributed by atoms with Crippen molar-refractivity contribution in [1.82, 2.24) is 0 Å². The number of nitrogens with two attached hydrogens (primary N) is 1. The molecular formula is C17H21N3OS. The Labute approximate surface area is 133 Å². The average molecular weight is 315 g/mol. The van der Waals surface area contributed by atoms with E-state index in [9.17, 15) is 4.21 Å². The highest BCUT2D eigenvalue weighted by molar-refractivity contribution is 7.84. The number of hydrogen-bond acceptors (Lipinski definition) is 2. The SMILES string of the molecule is CCc1cccc(NC(N)=NCc2ccc(S(C)=O)cc2)c1. The van der Waals surface area contributed by atoms with Crippen molar-refractivity contribution in [2.24, 2.45) is 10.7 Å². The number of anilines is 1. The number of benzene rings is 2. The molecule has 0 aliphatic heterocycles. The number of hydrogen-bond donors (Lipinski definition) is 2. The molecule has 22 heavy (non-hydrogen) atoms. The van der Waals surface area contributed by atoms with Gasteiger partial charge in [-0.15, -0.1) is 0 Å². The topological polar surface area (TPSA) is 67.5 Å². The molecule has 0 aliphatic rings. The van der Waals surface area contributed by atoms with E-state index in [-0.39, 0.29) is 0 Å². The van der Waals surface area contributed by atoms with Crippen LogP contribution < -0.4 is 11.1 Å². The predicted octanol–water partition coefficient (Wildman–Crippen LogP) is 2.91. The number of aryl methyl sites for hydroxylation is 1. The lowest BCUT2D eigenvalue weighted by Gasteiger charge is -2.07. The van der Waals surface area contributed by atoms with Crippen LogP contribution in [-0.2, 0) is 23.8 Å². The zero-order chi connectivity index (χ0) is 15.9. The second kappa shape index (κ2) is 7.75.